The van der Waals surface area contributed by atoms with Gasteiger partial charge in [0.15, 0.2) is 0 Å². The van der Waals surface area contributed by atoms with Crippen molar-refractivity contribution >= 4 is 17.9 Å². The fraction of sp³-hybridized carbons (Fsp3) is 0.414. The van der Waals surface area contributed by atoms with Crippen molar-refractivity contribution in [3.05, 3.63) is 65.7 Å². The number of nitriles is 1. The molecule has 0 spiro atoms. The molecule has 41 heavy (non-hydrogen) atoms. The Hall–Kier alpha value is -4.40. The molecule has 3 aliphatic rings. The van der Waals surface area contributed by atoms with Gasteiger partial charge in [0.05, 0.1) is 30.3 Å². The quantitative estimate of drug-likeness (QED) is 0.530. The molecule has 216 valence electrons. The van der Waals surface area contributed by atoms with E-state index < -0.39 is 58.6 Å². The summed E-state index contributed by atoms with van der Waals surface area (Å²) in [4.78, 5) is 27.4. The lowest BCUT2D eigenvalue weighted by molar-refractivity contribution is 0.0265. The molecule has 0 aromatic heterocycles. The zero-order valence-corrected chi connectivity index (χ0v) is 22.8. The molecule has 3 fully saturated rings. The number of anilines is 1. The molecule has 2 amide bonds. The summed E-state index contributed by atoms with van der Waals surface area (Å²) in [5.74, 6) is -3.62. The van der Waals surface area contributed by atoms with Gasteiger partial charge in [-0.25, -0.2) is 22.8 Å². The first-order valence-corrected chi connectivity index (χ1v) is 13.2. The van der Waals surface area contributed by atoms with Gasteiger partial charge in [-0.3, -0.25) is 4.90 Å². The Balaban J connectivity index is 1.34. The molecule has 3 N–H and O–H groups in total. The predicted octanol–water partition coefficient (Wildman–Crippen LogP) is 4.37. The number of cyclic esters (lactones) is 1. The summed E-state index contributed by atoms with van der Waals surface area (Å²) < 4.78 is 56.8. The summed E-state index contributed by atoms with van der Waals surface area (Å²) in [5, 5.41) is 12.9. The third-order valence-corrected chi connectivity index (χ3v) is 7.68. The number of nitrogens with zero attached hydrogens (tertiary/aromatic N) is 3. The normalized spacial score (nSPS) is 25.2. The first kappa shape index (κ1) is 28.1. The van der Waals surface area contributed by atoms with Crippen LogP contribution in [0, 0.1) is 40.6 Å². The molecule has 2 aliphatic heterocycles. The summed E-state index contributed by atoms with van der Waals surface area (Å²) in [7, 11) is 0. The van der Waals surface area contributed by atoms with Crippen molar-refractivity contribution < 1.29 is 32.2 Å². The Morgan fingerprint density at radius 2 is 1.83 bits per heavy atom. The van der Waals surface area contributed by atoms with Crippen LogP contribution in [0.3, 0.4) is 0 Å². The van der Waals surface area contributed by atoms with Gasteiger partial charge in [0, 0.05) is 48.5 Å². The van der Waals surface area contributed by atoms with Crippen LogP contribution >= 0.6 is 0 Å². The van der Waals surface area contributed by atoms with Crippen LogP contribution in [-0.2, 0) is 14.9 Å². The summed E-state index contributed by atoms with van der Waals surface area (Å²) >= 11 is 0. The summed E-state index contributed by atoms with van der Waals surface area (Å²) in [5.41, 5.74) is 2.88. The fourth-order valence-electron chi connectivity index (χ4n) is 5.83. The molecule has 2 heterocycles. The highest BCUT2D eigenvalue weighted by Crippen LogP contribution is 2.64. The summed E-state index contributed by atoms with van der Waals surface area (Å²) in [6.07, 6.45) is 1.13. The fourth-order valence-corrected chi connectivity index (χ4v) is 5.83. The van der Waals surface area contributed by atoms with Crippen molar-refractivity contribution in [1.82, 2.24) is 10.2 Å². The smallest absolute Gasteiger partial charge is 0.414 e. The number of halogens is 3. The van der Waals surface area contributed by atoms with Gasteiger partial charge in [-0.1, -0.05) is 0 Å². The third-order valence-electron chi connectivity index (χ3n) is 7.68. The standard InChI is InChI=1S/C29H30F3N5O4/c1-28(2,3)41-26(38)36-13-20-21(14-36)29(20,15-34)25-23(31)8-16(9-24(25)32)19-5-4-17(10-22(19)30)37-12-18(40-27(37)39)11-35-7-6-33/h4-10,18,20-21,35H,11-14,33H2,1-3H3/b7-6-/t18?,20-,21+,29?. The van der Waals surface area contributed by atoms with Gasteiger partial charge < -0.3 is 25.4 Å². The number of piperidine rings is 1. The van der Waals surface area contributed by atoms with Crippen LogP contribution in [0.5, 0.6) is 0 Å². The molecule has 4 atom stereocenters. The number of amides is 2. The van der Waals surface area contributed by atoms with Gasteiger partial charge in [-0.15, -0.1) is 0 Å². The lowest BCUT2D eigenvalue weighted by Gasteiger charge is -2.27. The molecule has 12 heteroatoms. The van der Waals surface area contributed by atoms with E-state index in [0.29, 0.717) is 6.54 Å². The van der Waals surface area contributed by atoms with E-state index in [-0.39, 0.29) is 42.0 Å². The Bertz CT molecular complexity index is 1430. The van der Waals surface area contributed by atoms with E-state index in [0.717, 1.165) is 18.2 Å². The zero-order chi connectivity index (χ0) is 29.7. The molecule has 1 aliphatic carbocycles. The molecular formula is C29H30F3N5O4. The Kier molecular flexibility index (Phi) is 7.01. The lowest BCUT2D eigenvalue weighted by Crippen LogP contribution is -2.39. The topological polar surface area (TPSA) is 121 Å². The molecule has 1 saturated carbocycles. The van der Waals surface area contributed by atoms with Crippen molar-refractivity contribution in [1.29, 1.82) is 5.26 Å². The predicted molar refractivity (Wildman–Crippen MR) is 143 cm³/mol. The minimum absolute atomic E-state index is 0.0540. The largest absolute Gasteiger partial charge is 0.444 e. The van der Waals surface area contributed by atoms with Crippen LogP contribution < -0.4 is 16.0 Å². The van der Waals surface area contributed by atoms with Gasteiger partial charge in [0.2, 0.25) is 0 Å². The van der Waals surface area contributed by atoms with Crippen molar-refractivity contribution in [3.8, 4) is 17.2 Å². The van der Waals surface area contributed by atoms with E-state index in [1.54, 1.807) is 20.8 Å². The van der Waals surface area contributed by atoms with E-state index >= 15 is 13.2 Å². The Morgan fingerprint density at radius 3 is 2.39 bits per heavy atom. The number of nitrogens with one attached hydrogen (secondary N) is 1. The minimum Gasteiger partial charge on any atom is -0.444 e. The van der Waals surface area contributed by atoms with E-state index in [1.165, 1.54) is 34.3 Å². The number of rotatable bonds is 6. The van der Waals surface area contributed by atoms with Gasteiger partial charge in [-0.2, -0.15) is 5.26 Å². The first-order chi connectivity index (χ1) is 19.4. The maximum absolute atomic E-state index is 15.5. The molecular weight excluding hydrogens is 539 g/mol. The van der Waals surface area contributed by atoms with E-state index in [2.05, 4.69) is 11.4 Å². The van der Waals surface area contributed by atoms with Crippen LogP contribution in [0.1, 0.15) is 26.3 Å². The van der Waals surface area contributed by atoms with Gasteiger partial charge >= 0.3 is 12.2 Å². The second-order valence-corrected chi connectivity index (χ2v) is 11.4. The number of nitrogens with two attached hydrogens (primary N) is 1. The highest BCUT2D eigenvalue weighted by Gasteiger charge is 2.72. The van der Waals surface area contributed by atoms with Crippen LogP contribution in [0.25, 0.3) is 11.1 Å². The van der Waals surface area contributed by atoms with E-state index in [1.807, 2.05) is 0 Å². The summed E-state index contributed by atoms with van der Waals surface area (Å²) in [6, 6.07) is 8.01. The number of carbonyl (C=O) groups excluding carboxylic acids is 2. The van der Waals surface area contributed by atoms with Crippen molar-refractivity contribution in [2.45, 2.75) is 37.9 Å². The number of hydrogen-bond acceptors (Lipinski definition) is 7. The van der Waals surface area contributed by atoms with Gasteiger partial charge in [0.1, 0.15) is 29.2 Å². The van der Waals surface area contributed by atoms with Crippen molar-refractivity contribution in [2.75, 3.05) is 31.1 Å². The number of likely N-dealkylation sites (tertiary alicyclic amines) is 1. The van der Waals surface area contributed by atoms with Gasteiger partial charge in [-0.05, 0) is 56.7 Å². The number of fused-ring (bicyclic) bond motifs is 1. The first-order valence-electron chi connectivity index (χ1n) is 13.2. The molecule has 2 aromatic carbocycles. The maximum Gasteiger partial charge on any atom is 0.414 e. The molecule has 2 unspecified atom stereocenters. The number of benzene rings is 2. The Morgan fingerprint density at radius 1 is 1.17 bits per heavy atom. The zero-order valence-electron chi connectivity index (χ0n) is 22.8. The van der Waals surface area contributed by atoms with E-state index in [9.17, 15) is 14.9 Å². The van der Waals surface area contributed by atoms with E-state index in [4.69, 9.17) is 15.2 Å². The van der Waals surface area contributed by atoms with Crippen LogP contribution in [0.4, 0.5) is 28.4 Å². The summed E-state index contributed by atoms with van der Waals surface area (Å²) in [6.45, 7) is 5.98. The SMILES string of the molecule is CC(C)(C)OC(=O)N1C[C@@H]2[C@H](C1)C2(C#N)c1c(F)cc(-c2ccc(N3CC(CN/C=C\N)OC3=O)cc2F)cc1F. The van der Waals surface area contributed by atoms with Crippen molar-refractivity contribution in [2.24, 2.45) is 17.6 Å². The second-order valence-electron chi connectivity index (χ2n) is 11.4. The average Bonchev–Trinajstić information content (AvgIpc) is 3.18. The van der Waals surface area contributed by atoms with Gasteiger partial charge in [0.25, 0.3) is 0 Å². The van der Waals surface area contributed by atoms with Crippen LogP contribution in [0.15, 0.2) is 42.7 Å². The molecule has 5 rings (SSSR count). The van der Waals surface area contributed by atoms with Crippen LogP contribution in [0.2, 0.25) is 0 Å². The highest BCUT2D eigenvalue weighted by atomic mass is 19.1. The highest BCUT2D eigenvalue weighted by molar-refractivity contribution is 5.90. The third kappa shape index (κ3) is 5.01. The number of carbonyl (C=O) groups is 2. The molecule has 0 bridgehead atoms. The van der Waals surface area contributed by atoms with Crippen LogP contribution in [-0.4, -0.2) is 55.0 Å². The average molecular weight is 570 g/mol. The molecule has 9 nitrogen and oxygen atoms in total. The molecule has 2 aromatic rings. The lowest BCUT2D eigenvalue weighted by atomic mass is 9.88. The maximum atomic E-state index is 15.5. The molecule has 0 radical (unpaired) electrons. The number of ether oxygens (including phenoxy) is 2. The Labute approximate surface area is 235 Å². The monoisotopic (exact) mass is 569 g/mol. The molecule has 2 saturated heterocycles. The number of hydrogen-bond donors (Lipinski definition) is 2. The second kappa shape index (κ2) is 10.2. The minimum atomic E-state index is -1.42. The van der Waals surface area contributed by atoms with Crippen molar-refractivity contribution in [3.63, 3.8) is 0 Å².